The Balaban J connectivity index is 0.00000242. The van der Waals surface area contributed by atoms with Crippen molar-refractivity contribution in [3.05, 3.63) is 46.0 Å². The van der Waals surface area contributed by atoms with Crippen LogP contribution >= 0.6 is 12.4 Å². The standard InChI is InChI=1S/C15H20N4O2.ClH/c1-4-16-11(3)7-18-14(20)12-8-17-13-6-5-10(2)9-19(13)15(12)21;/h5-6,8-9,11,16H,4,7H2,1-3H3,(H,18,20);1H/t11-;/m1./s1. The van der Waals surface area contributed by atoms with Crippen LogP contribution in [0.3, 0.4) is 0 Å². The summed E-state index contributed by atoms with van der Waals surface area (Å²) >= 11 is 0. The molecule has 7 heteroatoms. The molecule has 0 saturated carbocycles. The van der Waals surface area contributed by atoms with Gasteiger partial charge in [0.05, 0.1) is 0 Å². The van der Waals surface area contributed by atoms with Crippen molar-refractivity contribution in [2.75, 3.05) is 13.1 Å². The van der Waals surface area contributed by atoms with Gasteiger partial charge in [-0.3, -0.25) is 14.0 Å². The maximum Gasteiger partial charge on any atom is 0.270 e. The van der Waals surface area contributed by atoms with Gasteiger partial charge in [0.1, 0.15) is 11.2 Å². The SMILES string of the molecule is CCN[C@H](C)CNC(=O)c1cnc2ccc(C)cn2c1=O.Cl. The molecule has 1 amide bonds. The summed E-state index contributed by atoms with van der Waals surface area (Å²) in [5, 5.41) is 5.94. The van der Waals surface area contributed by atoms with Crippen molar-refractivity contribution in [1.29, 1.82) is 0 Å². The van der Waals surface area contributed by atoms with Gasteiger partial charge in [-0.1, -0.05) is 13.0 Å². The van der Waals surface area contributed by atoms with Gasteiger partial charge in [-0.05, 0) is 32.0 Å². The van der Waals surface area contributed by atoms with E-state index in [0.29, 0.717) is 12.2 Å². The molecule has 0 fully saturated rings. The van der Waals surface area contributed by atoms with E-state index in [1.165, 1.54) is 10.6 Å². The number of aryl methyl sites for hydroxylation is 1. The Hall–Kier alpha value is -1.92. The van der Waals surface area contributed by atoms with Gasteiger partial charge >= 0.3 is 0 Å². The molecule has 1 atom stereocenters. The van der Waals surface area contributed by atoms with Gasteiger partial charge in [-0.25, -0.2) is 4.98 Å². The van der Waals surface area contributed by atoms with Crippen LogP contribution in [0.1, 0.15) is 29.8 Å². The first-order chi connectivity index (χ1) is 10.0. The Bertz CT molecular complexity index is 714. The molecular formula is C15H21ClN4O2. The second-order valence-corrected chi connectivity index (χ2v) is 5.08. The number of pyridine rings is 1. The highest BCUT2D eigenvalue weighted by Gasteiger charge is 2.13. The van der Waals surface area contributed by atoms with E-state index in [1.807, 2.05) is 26.8 Å². The fourth-order valence-electron chi connectivity index (χ4n) is 2.10. The van der Waals surface area contributed by atoms with Gasteiger partial charge in [0.25, 0.3) is 11.5 Å². The molecule has 2 heterocycles. The zero-order valence-electron chi connectivity index (χ0n) is 12.9. The molecule has 6 nitrogen and oxygen atoms in total. The van der Waals surface area contributed by atoms with Crippen molar-refractivity contribution in [1.82, 2.24) is 20.0 Å². The van der Waals surface area contributed by atoms with E-state index in [1.54, 1.807) is 12.3 Å². The molecule has 0 spiro atoms. The minimum atomic E-state index is -0.395. The van der Waals surface area contributed by atoms with Crippen LogP contribution in [-0.4, -0.2) is 34.4 Å². The van der Waals surface area contributed by atoms with Gasteiger partial charge in [-0.2, -0.15) is 0 Å². The molecule has 0 radical (unpaired) electrons. The van der Waals surface area contributed by atoms with Crippen LogP contribution in [0, 0.1) is 6.92 Å². The van der Waals surface area contributed by atoms with E-state index in [4.69, 9.17) is 0 Å². The summed E-state index contributed by atoms with van der Waals surface area (Å²) in [5.74, 6) is -0.395. The van der Waals surface area contributed by atoms with E-state index in [2.05, 4.69) is 15.6 Å². The molecular weight excluding hydrogens is 304 g/mol. The molecule has 0 aliphatic heterocycles. The van der Waals surface area contributed by atoms with Crippen LogP contribution in [0.5, 0.6) is 0 Å². The van der Waals surface area contributed by atoms with E-state index in [0.717, 1.165) is 12.1 Å². The highest BCUT2D eigenvalue weighted by atomic mass is 35.5. The molecule has 120 valence electrons. The second-order valence-electron chi connectivity index (χ2n) is 5.08. The van der Waals surface area contributed by atoms with Gasteiger partial charge in [0, 0.05) is 25.0 Å². The van der Waals surface area contributed by atoms with Crippen molar-refractivity contribution in [3.8, 4) is 0 Å². The molecule has 0 unspecified atom stereocenters. The molecule has 2 rings (SSSR count). The Labute approximate surface area is 135 Å². The second kappa shape index (κ2) is 7.91. The number of nitrogens with one attached hydrogen (secondary N) is 2. The third-order valence-electron chi connectivity index (χ3n) is 3.22. The lowest BCUT2D eigenvalue weighted by Crippen LogP contribution is -2.40. The van der Waals surface area contributed by atoms with Gasteiger partial charge in [-0.15, -0.1) is 12.4 Å². The minimum absolute atomic E-state index is 0. The third kappa shape index (κ3) is 4.05. The summed E-state index contributed by atoms with van der Waals surface area (Å²) in [6.07, 6.45) is 3.02. The highest BCUT2D eigenvalue weighted by Crippen LogP contribution is 2.01. The molecule has 2 aromatic heterocycles. The Morgan fingerprint density at radius 2 is 2.14 bits per heavy atom. The lowest BCUT2D eigenvalue weighted by Gasteiger charge is -2.13. The van der Waals surface area contributed by atoms with Crippen LogP contribution in [0.25, 0.3) is 5.65 Å². The maximum absolute atomic E-state index is 12.3. The number of likely N-dealkylation sites (N-methyl/N-ethyl adjacent to an activating group) is 1. The van der Waals surface area contributed by atoms with E-state index in [-0.39, 0.29) is 29.6 Å². The summed E-state index contributed by atoms with van der Waals surface area (Å²) in [4.78, 5) is 28.6. The summed E-state index contributed by atoms with van der Waals surface area (Å²) in [6, 6.07) is 3.78. The molecule has 22 heavy (non-hydrogen) atoms. The van der Waals surface area contributed by atoms with Crippen molar-refractivity contribution in [3.63, 3.8) is 0 Å². The van der Waals surface area contributed by atoms with Crippen molar-refractivity contribution < 1.29 is 4.79 Å². The topological polar surface area (TPSA) is 75.5 Å². The largest absolute Gasteiger partial charge is 0.350 e. The Morgan fingerprint density at radius 3 is 2.82 bits per heavy atom. The minimum Gasteiger partial charge on any atom is -0.350 e. The number of carbonyl (C=O) groups is 1. The van der Waals surface area contributed by atoms with Gasteiger partial charge < -0.3 is 10.6 Å². The lowest BCUT2D eigenvalue weighted by atomic mass is 10.2. The number of amides is 1. The first-order valence-corrected chi connectivity index (χ1v) is 7.02. The highest BCUT2D eigenvalue weighted by molar-refractivity contribution is 5.93. The number of hydrogen-bond donors (Lipinski definition) is 2. The molecule has 0 aliphatic carbocycles. The number of carbonyl (C=O) groups excluding carboxylic acids is 1. The van der Waals surface area contributed by atoms with E-state index < -0.39 is 5.91 Å². The first-order valence-electron chi connectivity index (χ1n) is 7.02. The average molecular weight is 325 g/mol. The number of nitrogens with zero attached hydrogens (tertiary/aromatic N) is 2. The number of hydrogen-bond acceptors (Lipinski definition) is 4. The lowest BCUT2D eigenvalue weighted by molar-refractivity contribution is 0.0948. The Morgan fingerprint density at radius 1 is 1.41 bits per heavy atom. The summed E-state index contributed by atoms with van der Waals surface area (Å²) in [6.45, 7) is 7.15. The molecule has 0 bridgehead atoms. The van der Waals surface area contributed by atoms with Crippen LogP contribution in [0.15, 0.2) is 29.3 Å². The van der Waals surface area contributed by atoms with Crippen molar-refractivity contribution in [2.24, 2.45) is 0 Å². The number of halogens is 1. The van der Waals surface area contributed by atoms with E-state index in [9.17, 15) is 9.59 Å². The predicted molar refractivity (Wildman–Crippen MR) is 88.9 cm³/mol. The average Bonchev–Trinajstić information content (AvgIpc) is 2.46. The van der Waals surface area contributed by atoms with Crippen LogP contribution in [-0.2, 0) is 0 Å². The number of aromatic nitrogens is 2. The number of rotatable bonds is 5. The summed E-state index contributed by atoms with van der Waals surface area (Å²) in [7, 11) is 0. The third-order valence-corrected chi connectivity index (χ3v) is 3.22. The summed E-state index contributed by atoms with van der Waals surface area (Å²) < 4.78 is 1.40. The van der Waals surface area contributed by atoms with Crippen LogP contribution in [0.2, 0.25) is 0 Å². The fraction of sp³-hybridized carbons (Fsp3) is 0.400. The normalized spacial score (nSPS) is 11.8. The van der Waals surface area contributed by atoms with E-state index >= 15 is 0 Å². The first kappa shape index (κ1) is 18.1. The van der Waals surface area contributed by atoms with Crippen molar-refractivity contribution in [2.45, 2.75) is 26.8 Å². The van der Waals surface area contributed by atoms with Crippen LogP contribution in [0.4, 0.5) is 0 Å². The monoisotopic (exact) mass is 324 g/mol. The Kier molecular flexibility index (Phi) is 6.52. The zero-order valence-corrected chi connectivity index (χ0v) is 13.7. The molecule has 2 N–H and O–H groups in total. The smallest absolute Gasteiger partial charge is 0.270 e. The van der Waals surface area contributed by atoms with Crippen molar-refractivity contribution >= 4 is 24.0 Å². The molecule has 0 saturated heterocycles. The maximum atomic E-state index is 12.3. The summed E-state index contributed by atoms with van der Waals surface area (Å²) in [5.41, 5.74) is 1.17. The quantitative estimate of drug-likeness (QED) is 0.865. The van der Waals surface area contributed by atoms with Gasteiger partial charge in [0.2, 0.25) is 0 Å². The number of fused-ring (bicyclic) bond motifs is 1. The van der Waals surface area contributed by atoms with Gasteiger partial charge in [0.15, 0.2) is 0 Å². The molecule has 0 aliphatic rings. The predicted octanol–water partition coefficient (Wildman–Crippen LogP) is 1.15. The molecule has 0 aromatic carbocycles. The fourth-order valence-corrected chi connectivity index (χ4v) is 2.10. The zero-order chi connectivity index (χ0) is 15.4. The molecule has 2 aromatic rings. The van der Waals surface area contributed by atoms with Crippen LogP contribution < -0.4 is 16.2 Å².